The van der Waals surface area contributed by atoms with Crippen molar-refractivity contribution in [1.29, 1.82) is 0 Å². The van der Waals surface area contributed by atoms with Gasteiger partial charge in [0.1, 0.15) is 0 Å². The van der Waals surface area contributed by atoms with Crippen LogP contribution in [-0.2, 0) is 0 Å². The number of hydrogen-bond donors (Lipinski definition) is 0. The summed E-state index contributed by atoms with van der Waals surface area (Å²) in [5.74, 6) is 0.323. The molecule has 0 aliphatic rings. The fourth-order valence-corrected chi connectivity index (χ4v) is 2.00. The molecule has 0 unspecified atom stereocenters. The molecule has 0 N–H and O–H groups in total. The van der Waals surface area contributed by atoms with Crippen LogP contribution < -0.4 is 0 Å². The van der Waals surface area contributed by atoms with Crippen LogP contribution in [-0.4, -0.2) is 0 Å². The van der Waals surface area contributed by atoms with E-state index in [0.717, 1.165) is 17.6 Å². The second-order valence-corrected chi connectivity index (χ2v) is 4.74. The lowest BCUT2D eigenvalue weighted by Crippen LogP contribution is -2.04. The van der Waals surface area contributed by atoms with Gasteiger partial charge >= 0.3 is 0 Å². The molecule has 19 heavy (non-hydrogen) atoms. The number of unbranched alkanes of at least 4 members (excludes halogenated alkanes) is 3. The van der Waals surface area contributed by atoms with Gasteiger partial charge in [0.05, 0.1) is 0 Å². The molecule has 0 atom stereocenters. The second kappa shape index (κ2) is 11.5. The van der Waals surface area contributed by atoms with Crippen LogP contribution in [0.15, 0.2) is 73.9 Å². The average Bonchev–Trinajstić information content (AvgIpc) is 2.42. The van der Waals surface area contributed by atoms with Crippen molar-refractivity contribution >= 4 is 0 Å². The van der Waals surface area contributed by atoms with E-state index in [0.29, 0.717) is 5.92 Å². The van der Waals surface area contributed by atoms with Crippen molar-refractivity contribution < 1.29 is 0 Å². The average molecular weight is 256 g/mol. The monoisotopic (exact) mass is 256 g/mol. The Morgan fingerprint density at radius 1 is 0.895 bits per heavy atom. The standard InChI is InChI=1S/C19H28/c1-6-9-12-13-16-19(17(4)14-10-7-2)18(5)15-11-8-3/h7-8,10-11,14-15,19H,2-6,9,12-13,16H2,1H3/b14-10-,15-11-. The molecule has 0 radical (unpaired) electrons. The van der Waals surface area contributed by atoms with E-state index in [2.05, 4.69) is 33.2 Å². The van der Waals surface area contributed by atoms with Crippen LogP contribution in [0.4, 0.5) is 0 Å². The highest BCUT2D eigenvalue weighted by molar-refractivity contribution is 5.33. The van der Waals surface area contributed by atoms with Gasteiger partial charge in [-0.15, -0.1) is 0 Å². The molecule has 0 saturated carbocycles. The molecule has 0 aromatic carbocycles. The zero-order chi connectivity index (χ0) is 14.5. The number of allylic oxidation sites excluding steroid dienone is 8. The lowest BCUT2D eigenvalue weighted by atomic mass is 9.87. The summed E-state index contributed by atoms with van der Waals surface area (Å²) in [6.07, 6.45) is 17.7. The summed E-state index contributed by atoms with van der Waals surface area (Å²) in [6.45, 7) is 18.0. The maximum absolute atomic E-state index is 4.17. The summed E-state index contributed by atoms with van der Waals surface area (Å²) >= 11 is 0. The van der Waals surface area contributed by atoms with E-state index >= 15 is 0 Å². The van der Waals surface area contributed by atoms with Crippen LogP contribution in [0.2, 0.25) is 0 Å². The fourth-order valence-electron chi connectivity index (χ4n) is 2.00. The van der Waals surface area contributed by atoms with Crippen molar-refractivity contribution in [2.24, 2.45) is 5.92 Å². The zero-order valence-electron chi connectivity index (χ0n) is 12.4. The summed E-state index contributed by atoms with van der Waals surface area (Å²) in [7, 11) is 0. The molecule has 0 saturated heterocycles. The Morgan fingerprint density at radius 3 is 1.84 bits per heavy atom. The van der Waals surface area contributed by atoms with Crippen LogP contribution in [0.5, 0.6) is 0 Å². The van der Waals surface area contributed by atoms with Crippen LogP contribution in [0.1, 0.15) is 39.0 Å². The first-order chi connectivity index (χ1) is 9.17. The lowest BCUT2D eigenvalue weighted by Gasteiger charge is -2.18. The Kier molecular flexibility index (Phi) is 10.6. The largest absolute Gasteiger partial charge is 0.0991 e. The van der Waals surface area contributed by atoms with Crippen LogP contribution >= 0.6 is 0 Å². The zero-order valence-corrected chi connectivity index (χ0v) is 12.4. The van der Waals surface area contributed by atoms with Crippen LogP contribution in [0.25, 0.3) is 0 Å². The topological polar surface area (TPSA) is 0 Å². The third kappa shape index (κ3) is 8.20. The fraction of sp³-hybridized carbons (Fsp3) is 0.368. The highest BCUT2D eigenvalue weighted by atomic mass is 14.2. The van der Waals surface area contributed by atoms with Gasteiger partial charge in [-0.05, 0) is 17.6 Å². The van der Waals surface area contributed by atoms with Gasteiger partial charge in [0.25, 0.3) is 0 Å². The molecule has 0 amide bonds. The van der Waals surface area contributed by atoms with E-state index in [1.165, 1.54) is 25.7 Å². The Balaban J connectivity index is 4.62. The van der Waals surface area contributed by atoms with Crippen LogP contribution in [0, 0.1) is 5.92 Å². The molecule has 0 rings (SSSR count). The maximum Gasteiger partial charge on any atom is 0.00776 e. The third-order valence-electron chi connectivity index (χ3n) is 3.13. The molecule has 0 bridgehead atoms. The van der Waals surface area contributed by atoms with Crippen molar-refractivity contribution in [3.05, 3.63) is 73.9 Å². The van der Waals surface area contributed by atoms with Gasteiger partial charge in [-0.2, -0.15) is 0 Å². The summed E-state index contributed by atoms with van der Waals surface area (Å²) in [6, 6.07) is 0. The molecular formula is C19H28. The molecule has 0 heterocycles. The molecule has 0 spiro atoms. The van der Waals surface area contributed by atoms with E-state index in [1.807, 2.05) is 24.3 Å². The maximum atomic E-state index is 4.17. The Bertz CT molecular complexity index is 322. The van der Waals surface area contributed by atoms with Gasteiger partial charge in [0, 0.05) is 5.92 Å². The molecule has 0 aliphatic heterocycles. The van der Waals surface area contributed by atoms with E-state index in [-0.39, 0.29) is 0 Å². The minimum Gasteiger partial charge on any atom is -0.0991 e. The molecule has 0 aromatic rings. The molecule has 0 heteroatoms. The van der Waals surface area contributed by atoms with Gasteiger partial charge in [0.2, 0.25) is 0 Å². The predicted octanol–water partition coefficient (Wildman–Crippen LogP) is 6.17. The van der Waals surface area contributed by atoms with E-state index in [9.17, 15) is 0 Å². The van der Waals surface area contributed by atoms with Crippen molar-refractivity contribution in [2.45, 2.75) is 39.0 Å². The highest BCUT2D eigenvalue weighted by Crippen LogP contribution is 2.26. The van der Waals surface area contributed by atoms with Crippen LogP contribution in [0.3, 0.4) is 0 Å². The molecule has 0 fully saturated rings. The minimum absolute atomic E-state index is 0.323. The molecule has 0 aromatic heterocycles. The predicted molar refractivity (Wildman–Crippen MR) is 89.2 cm³/mol. The van der Waals surface area contributed by atoms with Crippen molar-refractivity contribution in [2.75, 3.05) is 0 Å². The summed E-state index contributed by atoms with van der Waals surface area (Å²) < 4.78 is 0. The number of rotatable bonds is 11. The van der Waals surface area contributed by atoms with E-state index in [1.54, 1.807) is 12.2 Å². The molecule has 0 aliphatic carbocycles. The molecule has 0 nitrogen and oxygen atoms in total. The highest BCUT2D eigenvalue weighted by Gasteiger charge is 2.12. The first-order valence-corrected chi connectivity index (χ1v) is 7.13. The normalized spacial score (nSPS) is 11.3. The summed E-state index contributed by atoms with van der Waals surface area (Å²) in [5, 5.41) is 0. The van der Waals surface area contributed by atoms with Gasteiger partial charge in [-0.1, -0.05) is 95.4 Å². The SMILES string of the molecule is C=C/C=C\C(=C)C(CCCCCC)C(=C)/C=C\C=C. The first kappa shape index (κ1) is 17.4. The van der Waals surface area contributed by atoms with E-state index in [4.69, 9.17) is 0 Å². The molecule has 104 valence electrons. The third-order valence-corrected chi connectivity index (χ3v) is 3.13. The Morgan fingerprint density at radius 2 is 1.42 bits per heavy atom. The molecular weight excluding hydrogens is 228 g/mol. The second-order valence-electron chi connectivity index (χ2n) is 4.74. The van der Waals surface area contributed by atoms with E-state index < -0.39 is 0 Å². The lowest BCUT2D eigenvalue weighted by molar-refractivity contribution is 0.571. The Labute approximate surface area is 119 Å². The quantitative estimate of drug-likeness (QED) is 0.306. The van der Waals surface area contributed by atoms with Gasteiger partial charge in [0.15, 0.2) is 0 Å². The Hall–Kier alpha value is -1.56. The first-order valence-electron chi connectivity index (χ1n) is 7.13. The summed E-state index contributed by atoms with van der Waals surface area (Å²) in [4.78, 5) is 0. The van der Waals surface area contributed by atoms with Crippen molar-refractivity contribution in [3.63, 3.8) is 0 Å². The van der Waals surface area contributed by atoms with Crippen molar-refractivity contribution in [3.8, 4) is 0 Å². The summed E-state index contributed by atoms with van der Waals surface area (Å²) in [5.41, 5.74) is 2.21. The smallest absolute Gasteiger partial charge is 0.00776 e. The number of hydrogen-bond acceptors (Lipinski definition) is 0. The van der Waals surface area contributed by atoms with Crippen molar-refractivity contribution in [1.82, 2.24) is 0 Å². The van der Waals surface area contributed by atoms with Gasteiger partial charge in [-0.25, -0.2) is 0 Å². The van der Waals surface area contributed by atoms with Gasteiger partial charge < -0.3 is 0 Å². The minimum atomic E-state index is 0.323. The van der Waals surface area contributed by atoms with Gasteiger partial charge in [-0.3, -0.25) is 0 Å².